The van der Waals surface area contributed by atoms with Crippen molar-refractivity contribution in [2.24, 2.45) is 17.3 Å². The molecule has 2 N–H and O–H groups in total. The zero-order valence-electron chi connectivity index (χ0n) is 12.2. The summed E-state index contributed by atoms with van der Waals surface area (Å²) in [6, 6.07) is 0. The lowest BCUT2D eigenvalue weighted by molar-refractivity contribution is -0.130. The van der Waals surface area contributed by atoms with E-state index in [4.69, 9.17) is 0 Å². The Kier molecular flexibility index (Phi) is 7.88. The molecule has 18 heavy (non-hydrogen) atoms. The maximum Gasteiger partial charge on any atom is 0.225 e. The van der Waals surface area contributed by atoms with Gasteiger partial charge in [0.15, 0.2) is 0 Å². The first kappa shape index (κ1) is 17.7. The third-order valence-corrected chi connectivity index (χ3v) is 3.48. The highest BCUT2D eigenvalue weighted by molar-refractivity contribution is 5.85. The molecule has 108 valence electrons. The number of piperidine rings is 1. The van der Waals surface area contributed by atoms with Gasteiger partial charge in [-0.2, -0.15) is 0 Å². The molecule has 1 saturated heterocycles. The molecule has 4 heteroatoms. The molecule has 1 rings (SSSR count). The molecule has 3 nitrogen and oxygen atoms in total. The topological polar surface area (TPSA) is 41.1 Å². The average Bonchev–Trinajstić information content (AvgIpc) is 2.25. The van der Waals surface area contributed by atoms with Crippen molar-refractivity contribution in [3.8, 4) is 0 Å². The van der Waals surface area contributed by atoms with E-state index in [0.717, 1.165) is 26.1 Å². The lowest BCUT2D eigenvalue weighted by atomic mass is 9.83. The Bertz CT molecular complexity index is 248. The number of hydrogen-bond donors (Lipinski definition) is 2. The van der Waals surface area contributed by atoms with E-state index in [1.54, 1.807) is 0 Å². The first-order chi connectivity index (χ1) is 7.92. The zero-order chi connectivity index (χ0) is 12.9. The van der Waals surface area contributed by atoms with Gasteiger partial charge in [0.25, 0.3) is 0 Å². The molecule has 1 unspecified atom stereocenters. The predicted molar refractivity (Wildman–Crippen MR) is 79.1 cm³/mol. The van der Waals surface area contributed by atoms with E-state index in [9.17, 15) is 4.79 Å². The minimum Gasteiger partial charge on any atom is -0.355 e. The van der Waals surface area contributed by atoms with Gasteiger partial charge in [-0.3, -0.25) is 4.79 Å². The number of amides is 1. The van der Waals surface area contributed by atoms with E-state index >= 15 is 0 Å². The minimum absolute atomic E-state index is 0. The summed E-state index contributed by atoms with van der Waals surface area (Å²) in [5.74, 6) is 1.38. The van der Waals surface area contributed by atoms with E-state index in [1.165, 1.54) is 12.8 Å². The van der Waals surface area contributed by atoms with Crippen LogP contribution in [-0.2, 0) is 4.79 Å². The number of halogens is 1. The normalized spacial score (nSPS) is 20.4. The first-order valence-corrected chi connectivity index (χ1v) is 6.91. The third-order valence-electron chi connectivity index (χ3n) is 3.48. The first-order valence-electron chi connectivity index (χ1n) is 6.91. The van der Waals surface area contributed by atoms with E-state index in [0.29, 0.717) is 11.8 Å². The zero-order valence-corrected chi connectivity index (χ0v) is 13.0. The Labute approximate surface area is 118 Å². The van der Waals surface area contributed by atoms with Crippen molar-refractivity contribution in [3.05, 3.63) is 0 Å². The maximum absolute atomic E-state index is 12.1. The number of nitrogens with one attached hydrogen (secondary N) is 2. The second-order valence-electron chi connectivity index (χ2n) is 6.40. The van der Waals surface area contributed by atoms with Crippen LogP contribution in [0.15, 0.2) is 0 Å². The Morgan fingerprint density at radius 1 is 1.44 bits per heavy atom. The summed E-state index contributed by atoms with van der Waals surface area (Å²) in [7, 11) is 0. The summed E-state index contributed by atoms with van der Waals surface area (Å²) in [6.07, 6.45) is 3.41. The molecular weight excluding hydrogens is 248 g/mol. The summed E-state index contributed by atoms with van der Waals surface area (Å²) in [4.78, 5) is 12.1. The Morgan fingerprint density at radius 3 is 2.61 bits per heavy atom. The van der Waals surface area contributed by atoms with Crippen LogP contribution in [-0.4, -0.2) is 25.5 Å². The van der Waals surface area contributed by atoms with Gasteiger partial charge in [0.2, 0.25) is 5.91 Å². The largest absolute Gasteiger partial charge is 0.355 e. The maximum atomic E-state index is 12.1. The van der Waals surface area contributed by atoms with Crippen LogP contribution in [0.5, 0.6) is 0 Å². The van der Waals surface area contributed by atoms with Crippen molar-refractivity contribution in [1.29, 1.82) is 0 Å². The SMILES string of the molecule is CC(C)CC(C)(C)C(=O)NCC1CCCNC1.Cl. The smallest absolute Gasteiger partial charge is 0.225 e. The summed E-state index contributed by atoms with van der Waals surface area (Å²) < 4.78 is 0. The predicted octanol–water partition coefficient (Wildman–Crippen LogP) is 2.60. The second-order valence-corrected chi connectivity index (χ2v) is 6.40. The van der Waals surface area contributed by atoms with Gasteiger partial charge >= 0.3 is 0 Å². The third kappa shape index (κ3) is 6.05. The van der Waals surface area contributed by atoms with Gasteiger partial charge in [-0.05, 0) is 44.2 Å². The van der Waals surface area contributed by atoms with Gasteiger partial charge in [-0.15, -0.1) is 12.4 Å². The fraction of sp³-hybridized carbons (Fsp3) is 0.929. The molecule has 0 radical (unpaired) electrons. The van der Waals surface area contributed by atoms with Gasteiger partial charge in [-0.1, -0.05) is 27.7 Å². The van der Waals surface area contributed by atoms with Crippen LogP contribution in [0.3, 0.4) is 0 Å². The van der Waals surface area contributed by atoms with Crippen LogP contribution in [0, 0.1) is 17.3 Å². The van der Waals surface area contributed by atoms with E-state index in [1.807, 2.05) is 13.8 Å². The Morgan fingerprint density at radius 2 is 2.11 bits per heavy atom. The molecule has 1 aliphatic heterocycles. The van der Waals surface area contributed by atoms with Crippen LogP contribution in [0.2, 0.25) is 0 Å². The fourth-order valence-electron chi connectivity index (χ4n) is 2.69. The van der Waals surface area contributed by atoms with Gasteiger partial charge in [0.1, 0.15) is 0 Å². The summed E-state index contributed by atoms with van der Waals surface area (Å²) in [6.45, 7) is 11.4. The number of hydrogen-bond acceptors (Lipinski definition) is 2. The fourth-order valence-corrected chi connectivity index (χ4v) is 2.69. The lowest BCUT2D eigenvalue weighted by Gasteiger charge is -2.28. The summed E-state index contributed by atoms with van der Waals surface area (Å²) >= 11 is 0. The number of carbonyl (C=O) groups excluding carboxylic acids is 1. The highest BCUT2D eigenvalue weighted by Gasteiger charge is 2.28. The number of rotatable bonds is 5. The van der Waals surface area contributed by atoms with Crippen LogP contribution in [0.4, 0.5) is 0 Å². The molecule has 0 saturated carbocycles. The summed E-state index contributed by atoms with van der Waals surface area (Å²) in [5.41, 5.74) is -0.240. The highest BCUT2D eigenvalue weighted by Crippen LogP contribution is 2.25. The van der Waals surface area contributed by atoms with Gasteiger partial charge < -0.3 is 10.6 Å². The van der Waals surface area contributed by atoms with Crippen LogP contribution in [0.1, 0.15) is 47.0 Å². The van der Waals surface area contributed by atoms with Crippen LogP contribution in [0.25, 0.3) is 0 Å². The van der Waals surface area contributed by atoms with Crippen LogP contribution >= 0.6 is 12.4 Å². The van der Waals surface area contributed by atoms with Crippen molar-refractivity contribution < 1.29 is 4.79 Å². The van der Waals surface area contributed by atoms with Gasteiger partial charge in [0.05, 0.1) is 0 Å². The summed E-state index contributed by atoms with van der Waals surface area (Å²) in [5, 5.41) is 6.50. The number of carbonyl (C=O) groups is 1. The van der Waals surface area contributed by atoms with E-state index < -0.39 is 0 Å². The molecule has 1 atom stereocenters. The van der Waals surface area contributed by atoms with Crippen molar-refractivity contribution in [2.75, 3.05) is 19.6 Å². The van der Waals surface area contributed by atoms with Gasteiger partial charge in [-0.25, -0.2) is 0 Å². The molecule has 0 spiro atoms. The quantitative estimate of drug-likeness (QED) is 0.810. The van der Waals surface area contributed by atoms with E-state index in [-0.39, 0.29) is 23.7 Å². The molecule has 0 aromatic carbocycles. The molecule has 1 heterocycles. The highest BCUT2D eigenvalue weighted by atomic mass is 35.5. The van der Waals surface area contributed by atoms with Crippen molar-refractivity contribution >= 4 is 18.3 Å². The Hall–Kier alpha value is -0.280. The molecule has 0 aromatic heterocycles. The molecule has 0 aromatic rings. The van der Waals surface area contributed by atoms with Crippen molar-refractivity contribution in [1.82, 2.24) is 10.6 Å². The molecule has 1 aliphatic rings. The lowest BCUT2D eigenvalue weighted by Crippen LogP contribution is -2.43. The van der Waals surface area contributed by atoms with Crippen LogP contribution < -0.4 is 10.6 Å². The monoisotopic (exact) mass is 276 g/mol. The minimum atomic E-state index is -0.240. The molecule has 0 aliphatic carbocycles. The molecule has 1 amide bonds. The molecule has 1 fully saturated rings. The van der Waals surface area contributed by atoms with Crippen molar-refractivity contribution in [2.45, 2.75) is 47.0 Å². The molecule has 0 bridgehead atoms. The van der Waals surface area contributed by atoms with Gasteiger partial charge in [0, 0.05) is 12.0 Å². The molecular formula is C14H29ClN2O. The second kappa shape index (κ2) is 8.00. The van der Waals surface area contributed by atoms with Crippen molar-refractivity contribution in [3.63, 3.8) is 0 Å². The van der Waals surface area contributed by atoms with E-state index in [2.05, 4.69) is 24.5 Å². The average molecular weight is 277 g/mol. The standard InChI is InChI=1S/C14H28N2O.ClH/c1-11(2)8-14(3,4)13(17)16-10-12-6-5-7-15-9-12;/h11-12,15H,5-10H2,1-4H3,(H,16,17);1H. The Balaban J connectivity index is 0.00000289.